The summed E-state index contributed by atoms with van der Waals surface area (Å²) in [6.07, 6.45) is -0.446. The van der Waals surface area contributed by atoms with E-state index >= 15 is 0 Å². The van der Waals surface area contributed by atoms with E-state index < -0.39 is 6.10 Å². The van der Waals surface area contributed by atoms with Crippen molar-refractivity contribution in [3.63, 3.8) is 0 Å². The van der Waals surface area contributed by atoms with Crippen LogP contribution in [0.5, 0.6) is 17.2 Å². The van der Waals surface area contributed by atoms with E-state index in [1.165, 1.54) is 0 Å². The van der Waals surface area contributed by atoms with Gasteiger partial charge in [0.15, 0.2) is 6.10 Å². The Kier molecular flexibility index (Phi) is 6.69. The largest absolute Gasteiger partial charge is 0.497 e. The Morgan fingerprint density at radius 3 is 1.96 bits per heavy atom. The van der Waals surface area contributed by atoms with Crippen LogP contribution >= 0.6 is 0 Å². The molecule has 134 valence electrons. The fourth-order valence-electron chi connectivity index (χ4n) is 2.20. The summed E-state index contributed by atoms with van der Waals surface area (Å²) in [5, 5.41) is 2.87. The van der Waals surface area contributed by atoms with E-state index in [2.05, 4.69) is 5.32 Å². The fraction of sp³-hybridized carbons (Fsp3) is 0.350. The molecule has 0 aliphatic heterocycles. The molecule has 0 heterocycles. The van der Waals surface area contributed by atoms with Gasteiger partial charge >= 0.3 is 0 Å². The van der Waals surface area contributed by atoms with Crippen molar-refractivity contribution in [2.75, 3.05) is 7.11 Å². The van der Waals surface area contributed by atoms with E-state index in [-0.39, 0.29) is 12.0 Å². The van der Waals surface area contributed by atoms with Gasteiger partial charge in [0.1, 0.15) is 17.2 Å². The smallest absolute Gasteiger partial charge is 0.261 e. The third-order valence-corrected chi connectivity index (χ3v) is 3.50. The Labute approximate surface area is 148 Å². The molecular formula is C20H25NO4. The van der Waals surface area contributed by atoms with Crippen LogP contribution in [-0.4, -0.2) is 25.2 Å². The van der Waals surface area contributed by atoms with Crippen molar-refractivity contribution < 1.29 is 19.0 Å². The molecule has 2 aromatic carbocycles. The molecule has 0 aliphatic carbocycles. The molecule has 0 aromatic heterocycles. The number of carbonyl (C=O) groups excluding carboxylic acids is 1. The zero-order valence-corrected chi connectivity index (χ0v) is 15.1. The number of benzene rings is 2. The van der Waals surface area contributed by atoms with Crippen molar-refractivity contribution in [3.05, 3.63) is 54.1 Å². The predicted molar refractivity (Wildman–Crippen MR) is 97.1 cm³/mol. The highest BCUT2D eigenvalue weighted by atomic mass is 16.5. The number of nitrogens with one attached hydrogen (secondary N) is 1. The van der Waals surface area contributed by atoms with E-state index in [9.17, 15) is 4.79 Å². The van der Waals surface area contributed by atoms with Gasteiger partial charge < -0.3 is 19.5 Å². The molecule has 5 nitrogen and oxygen atoms in total. The van der Waals surface area contributed by atoms with E-state index in [0.717, 1.165) is 17.1 Å². The van der Waals surface area contributed by atoms with Crippen LogP contribution in [0.4, 0.5) is 0 Å². The van der Waals surface area contributed by atoms with Crippen LogP contribution in [0.3, 0.4) is 0 Å². The minimum Gasteiger partial charge on any atom is -0.497 e. The molecular weight excluding hydrogens is 318 g/mol. The van der Waals surface area contributed by atoms with Gasteiger partial charge in [-0.05, 0) is 62.7 Å². The normalized spacial score (nSPS) is 11.7. The molecule has 2 aromatic rings. The third kappa shape index (κ3) is 6.03. The minimum atomic E-state index is -0.586. The topological polar surface area (TPSA) is 56.8 Å². The first-order valence-electron chi connectivity index (χ1n) is 8.32. The van der Waals surface area contributed by atoms with Gasteiger partial charge in [0.05, 0.1) is 13.2 Å². The van der Waals surface area contributed by atoms with Crippen molar-refractivity contribution in [1.82, 2.24) is 5.32 Å². The summed E-state index contributed by atoms with van der Waals surface area (Å²) < 4.78 is 16.3. The van der Waals surface area contributed by atoms with Crippen LogP contribution in [0.1, 0.15) is 26.3 Å². The summed E-state index contributed by atoms with van der Waals surface area (Å²) in [6.45, 7) is 6.13. The van der Waals surface area contributed by atoms with Gasteiger partial charge in [0.2, 0.25) is 0 Å². The Bertz CT molecular complexity index is 665. The first kappa shape index (κ1) is 18.6. The molecule has 25 heavy (non-hydrogen) atoms. The maximum Gasteiger partial charge on any atom is 0.261 e. The monoisotopic (exact) mass is 343 g/mol. The van der Waals surface area contributed by atoms with Crippen LogP contribution in [0, 0.1) is 0 Å². The molecule has 1 atom stereocenters. The molecule has 1 N–H and O–H groups in total. The van der Waals surface area contributed by atoms with Crippen molar-refractivity contribution >= 4 is 5.91 Å². The van der Waals surface area contributed by atoms with Gasteiger partial charge in [-0.2, -0.15) is 0 Å². The van der Waals surface area contributed by atoms with Gasteiger partial charge in [0, 0.05) is 6.54 Å². The fourth-order valence-corrected chi connectivity index (χ4v) is 2.20. The Morgan fingerprint density at radius 2 is 1.40 bits per heavy atom. The maximum atomic E-state index is 12.2. The lowest BCUT2D eigenvalue weighted by Crippen LogP contribution is -2.35. The molecule has 0 fully saturated rings. The van der Waals surface area contributed by atoms with Crippen LogP contribution in [-0.2, 0) is 11.3 Å². The molecule has 0 spiro atoms. The second-order valence-corrected chi connectivity index (χ2v) is 5.96. The predicted octanol–water partition coefficient (Wildman–Crippen LogP) is 3.57. The van der Waals surface area contributed by atoms with E-state index in [4.69, 9.17) is 14.2 Å². The lowest BCUT2D eigenvalue weighted by molar-refractivity contribution is -0.127. The molecule has 5 heteroatoms. The van der Waals surface area contributed by atoms with Gasteiger partial charge in [-0.15, -0.1) is 0 Å². The number of rotatable bonds is 8. The van der Waals surface area contributed by atoms with Crippen LogP contribution in [0.25, 0.3) is 0 Å². The highest BCUT2D eigenvalue weighted by Crippen LogP contribution is 2.18. The second-order valence-electron chi connectivity index (χ2n) is 5.96. The first-order valence-corrected chi connectivity index (χ1v) is 8.32. The number of hydrogen-bond acceptors (Lipinski definition) is 4. The summed E-state index contributed by atoms with van der Waals surface area (Å²) in [7, 11) is 1.60. The number of carbonyl (C=O) groups is 1. The summed E-state index contributed by atoms with van der Waals surface area (Å²) in [5.74, 6) is 2.02. The van der Waals surface area contributed by atoms with Crippen molar-refractivity contribution in [1.29, 1.82) is 0 Å². The molecule has 0 aliphatic rings. The van der Waals surface area contributed by atoms with Crippen molar-refractivity contribution in [2.45, 2.75) is 39.5 Å². The molecule has 0 radical (unpaired) electrons. The Balaban J connectivity index is 1.82. The lowest BCUT2D eigenvalue weighted by Gasteiger charge is -2.15. The quantitative estimate of drug-likeness (QED) is 0.796. The van der Waals surface area contributed by atoms with Gasteiger partial charge in [-0.25, -0.2) is 0 Å². The SMILES string of the molecule is COc1ccc(O[C@@H](C)C(=O)NCc2ccc(OC(C)C)cc2)cc1. The molecule has 0 saturated heterocycles. The van der Waals surface area contributed by atoms with Crippen LogP contribution in [0.15, 0.2) is 48.5 Å². The number of hydrogen-bond donors (Lipinski definition) is 1. The average Bonchev–Trinajstić information content (AvgIpc) is 2.61. The standard InChI is InChI=1S/C20H25NO4/c1-14(2)24-18-7-5-16(6-8-18)13-21-20(22)15(3)25-19-11-9-17(23-4)10-12-19/h5-12,14-15H,13H2,1-4H3,(H,21,22)/t15-/m0/s1. The molecule has 2 rings (SSSR count). The van der Waals surface area contributed by atoms with Crippen LogP contribution in [0.2, 0.25) is 0 Å². The summed E-state index contributed by atoms with van der Waals surface area (Å²) >= 11 is 0. The first-order chi connectivity index (χ1) is 12.0. The summed E-state index contributed by atoms with van der Waals surface area (Å²) in [6, 6.07) is 14.8. The third-order valence-electron chi connectivity index (χ3n) is 3.50. The maximum absolute atomic E-state index is 12.2. The zero-order chi connectivity index (χ0) is 18.2. The molecule has 0 bridgehead atoms. The van der Waals surface area contributed by atoms with Crippen molar-refractivity contribution in [3.8, 4) is 17.2 Å². The van der Waals surface area contributed by atoms with Crippen LogP contribution < -0.4 is 19.5 Å². The molecule has 0 unspecified atom stereocenters. The van der Waals surface area contributed by atoms with Gasteiger partial charge in [0.25, 0.3) is 5.91 Å². The van der Waals surface area contributed by atoms with E-state index in [1.54, 1.807) is 38.3 Å². The Morgan fingerprint density at radius 1 is 0.880 bits per heavy atom. The van der Waals surface area contributed by atoms with E-state index in [0.29, 0.717) is 12.3 Å². The number of amides is 1. The molecule has 1 amide bonds. The highest BCUT2D eigenvalue weighted by Gasteiger charge is 2.14. The zero-order valence-electron chi connectivity index (χ0n) is 15.1. The number of methoxy groups -OCH3 is 1. The van der Waals surface area contributed by atoms with Gasteiger partial charge in [-0.1, -0.05) is 12.1 Å². The highest BCUT2D eigenvalue weighted by molar-refractivity contribution is 5.80. The summed E-state index contributed by atoms with van der Waals surface area (Å²) in [5.41, 5.74) is 1.00. The van der Waals surface area contributed by atoms with Gasteiger partial charge in [-0.3, -0.25) is 4.79 Å². The molecule has 0 saturated carbocycles. The van der Waals surface area contributed by atoms with Crippen molar-refractivity contribution in [2.24, 2.45) is 0 Å². The second kappa shape index (κ2) is 8.97. The minimum absolute atomic E-state index is 0.140. The Hall–Kier alpha value is -2.69. The summed E-state index contributed by atoms with van der Waals surface area (Å²) in [4.78, 5) is 12.2. The average molecular weight is 343 g/mol. The number of ether oxygens (including phenoxy) is 3. The lowest BCUT2D eigenvalue weighted by atomic mass is 10.2. The van der Waals surface area contributed by atoms with E-state index in [1.807, 2.05) is 38.1 Å².